The number of carbonyl (C=O) groups is 1. The SMILES string of the molecule is Cn1cccc1CNCC1(c2cccc(C(F)(F)F)c2)CCN(C(=O)CN2CCN(c3cnccn3)CC2)CC1. The van der Waals surface area contributed by atoms with E-state index in [2.05, 4.69) is 25.1 Å². The van der Waals surface area contributed by atoms with Gasteiger partial charge in [0.2, 0.25) is 5.91 Å². The molecular weight excluding hydrogens is 519 g/mol. The Morgan fingerprint density at radius 1 is 1.02 bits per heavy atom. The molecule has 2 fully saturated rings. The third kappa shape index (κ3) is 6.47. The molecule has 5 rings (SSSR count). The molecule has 2 aliphatic heterocycles. The number of piperazine rings is 1. The highest BCUT2D eigenvalue weighted by atomic mass is 19.4. The third-order valence-electron chi connectivity index (χ3n) is 8.30. The first-order valence-corrected chi connectivity index (χ1v) is 13.7. The Hall–Kier alpha value is -3.44. The van der Waals surface area contributed by atoms with Crippen LogP contribution in [0.15, 0.2) is 61.2 Å². The van der Waals surface area contributed by atoms with E-state index in [9.17, 15) is 18.0 Å². The molecule has 0 atom stereocenters. The van der Waals surface area contributed by atoms with Crippen LogP contribution < -0.4 is 10.2 Å². The molecule has 0 radical (unpaired) electrons. The Morgan fingerprint density at radius 3 is 2.45 bits per heavy atom. The van der Waals surface area contributed by atoms with Crippen LogP contribution in [-0.4, -0.2) is 82.6 Å². The number of nitrogens with one attached hydrogen (secondary N) is 1. The molecule has 1 N–H and O–H groups in total. The molecule has 3 aromatic rings. The topological polar surface area (TPSA) is 69.5 Å². The first-order valence-electron chi connectivity index (χ1n) is 13.7. The molecule has 1 aromatic carbocycles. The lowest BCUT2D eigenvalue weighted by Crippen LogP contribution is -2.53. The van der Waals surface area contributed by atoms with Crippen molar-refractivity contribution in [1.82, 2.24) is 29.7 Å². The van der Waals surface area contributed by atoms with Crippen molar-refractivity contribution in [2.45, 2.75) is 31.0 Å². The second-order valence-corrected chi connectivity index (χ2v) is 10.8. The fourth-order valence-electron chi connectivity index (χ4n) is 5.77. The maximum absolute atomic E-state index is 13.6. The molecule has 4 heterocycles. The molecule has 214 valence electrons. The zero-order valence-electron chi connectivity index (χ0n) is 22.8. The van der Waals surface area contributed by atoms with Crippen molar-refractivity contribution in [2.75, 3.05) is 57.3 Å². The number of carbonyl (C=O) groups excluding carboxylic acids is 1. The van der Waals surface area contributed by atoms with Crippen molar-refractivity contribution in [1.29, 1.82) is 0 Å². The number of aromatic nitrogens is 3. The van der Waals surface area contributed by atoms with E-state index in [4.69, 9.17) is 0 Å². The van der Waals surface area contributed by atoms with Gasteiger partial charge in [0.05, 0.1) is 18.3 Å². The van der Waals surface area contributed by atoms with Gasteiger partial charge in [0.25, 0.3) is 0 Å². The molecule has 2 aliphatic rings. The number of benzene rings is 1. The molecule has 2 saturated heterocycles. The van der Waals surface area contributed by atoms with Crippen LogP contribution in [0.5, 0.6) is 0 Å². The van der Waals surface area contributed by atoms with Gasteiger partial charge >= 0.3 is 6.18 Å². The number of likely N-dealkylation sites (tertiary alicyclic amines) is 1. The zero-order chi connectivity index (χ0) is 28.2. The molecule has 0 aliphatic carbocycles. The van der Waals surface area contributed by atoms with Gasteiger partial charge in [-0.3, -0.25) is 14.7 Å². The van der Waals surface area contributed by atoms with Crippen LogP contribution in [0, 0.1) is 0 Å². The van der Waals surface area contributed by atoms with Gasteiger partial charge in [-0.25, -0.2) is 4.98 Å². The number of piperidine rings is 1. The summed E-state index contributed by atoms with van der Waals surface area (Å²) in [5, 5.41) is 3.50. The number of aryl methyl sites for hydroxylation is 1. The Bertz CT molecular complexity index is 1260. The number of halogens is 3. The third-order valence-corrected chi connectivity index (χ3v) is 8.30. The predicted octanol–water partition coefficient (Wildman–Crippen LogP) is 3.31. The minimum Gasteiger partial charge on any atom is -0.353 e. The Morgan fingerprint density at radius 2 is 1.80 bits per heavy atom. The minimum atomic E-state index is -4.40. The maximum Gasteiger partial charge on any atom is 0.416 e. The normalized spacial score (nSPS) is 18.2. The largest absolute Gasteiger partial charge is 0.416 e. The molecule has 0 spiro atoms. The summed E-state index contributed by atoms with van der Waals surface area (Å²) in [4.78, 5) is 27.9. The molecule has 0 saturated carbocycles. The quantitative estimate of drug-likeness (QED) is 0.460. The molecule has 40 heavy (non-hydrogen) atoms. The van der Waals surface area contributed by atoms with Crippen LogP contribution >= 0.6 is 0 Å². The number of hydrogen-bond donors (Lipinski definition) is 1. The summed E-state index contributed by atoms with van der Waals surface area (Å²) < 4.78 is 42.7. The van der Waals surface area contributed by atoms with Crippen molar-refractivity contribution in [3.63, 3.8) is 0 Å². The van der Waals surface area contributed by atoms with Crippen molar-refractivity contribution in [3.8, 4) is 0 Å². The van der Waals surface area contributed by atoms with E-state index in [1.54, 1.807) is 24.7 Å². The van der Waals surface area contributed by atoms with Crippen LogP contribution in [0.2, 0.25) is 0 Å². The van der Waals surface area contributed by atoms with Gasteiger partial charge in [0, 0.05) is 89.1 Å². The molecule has 8 nitrogen and oxygen atoms in total. The highest BCUT2D eigenvalue weighted by Crippen LogP contribution is 2.38. The molecule has 0 bridgehead atoms. The number of rotatable bonds is 8. The standard InChI is InChI=1S/C29H36F3N7O/c1-36-11-3-6-25(36)19-34-22-28(23-4-2-5-24(18-23)29(30,31)32)7-12-39(13-8-28)27(40)21-37-14-16-38(17-15-37)26-20-33-9-10-35-26/h2-6,9-11,18,20,34H,7-8,12-17,19,21-22H2,1H3. The lowest BCUT2D eigenvalue weighted by Gasteiger charge is -2.43. The van der Waals surface area contributed by atoms with Gasteiger partial charge in [-0.2, -0.15) is 13.2 Å². The van der Waals surface area contributed by atoms with E-state index in [1.165, 1.54) is 12.1 Å². The van der Waals surface area contributed by atoms with Crippen molar-refractivity contribution in [2.24, 2.45) is 7.05 Å². The van der Waals surface area contributed by atoms with E-state index < -0.39 is 17.2 Å². The predicted molar refractivity (Wildman–Crippen MR) is 147 cm³/mol. The smallest absolute Gasteiger partial charge is 0.353 e. The summed E-state index contributed by atoms with van der Waals surface area (Å²) in [7, 11) is 1.97. The molecule has 0 unspecified atom stereocenters. The van der Waals surface area contributed by atoms with E-state index in [0.29, 0.717) is 51.1 Å². The number of alkyl halides is 3. The van der Waals surface area contributed by atoms with Crippen LogP contribution in [-0.2, 0) is 30.0 Å². The minimum absolute atomic E-state index is 0.0716. The molecular formula is C29H36F3N7O. The highest BCUT2D eigenvalue weighted by Gasteiger charge is 2.39. The number of hydrogen-bond acceptors (Lipinski definition) is 6. The van der Waals surface area contributed by atoms with Gasteiger partial charge in [-0.15, -0.1) is 0 Å². The second kappa shape index (κ2) is 12.0. The summed E-state index contributed by atoms with van der Waals surface area (Å²) in [5.41, 5.74) is 0.650. The van der Waals surface area contributed by atoms with E-state index in [1.807, 2.05) is 34.8 Å². The maximum atomic E-state index is 13.6. The van der Waals surface area contributed by atoms with Gasteiger partial charge in [-0.05, 0) is 36.6 Å². The van der Waals surface area contributed by atoms with Gasteiger partial charge < -0.3 is 19.7 Å². The zero-order valence-corrected chi connectivity index (χ0v) is 22.8. The van der Waals surface area contributed by atoms with Crippen LogP contribution in [0.3, 0.4) is 0 Å². The lowest BCUT2D eigenvalue weighted by molar-refractivity contribution is -0.137. The van der Waals surface area contributed by atoms with Crippen molar-refractivity contribution < 1.29 is 18.0 Å². The van der Waals surface area contributed by atoms with Crippen molar-refractivity contribution >= 4 is 11.7 Å². The van der Waals surface area contributed by atoms with Crippen LogP contribution in [0.4, 0.5) is 19.0 Å². The molecule has 1 amide bonds. The number of nitrogens with zero attached hydrogens (tertiary/aromatic N) is 6. The molecule has 11 heteroatoms. The molecule has 2 aromatic heterocycles. The van der Waals surface area contributed by atoms with Gasteiger partial charge in [0.1, 0.15) is 5.82 Å². The Kier molecular flexibility index (Phi) is 8.41. The summed E-state index contributed by atoms with van der Waals surface area (Å²) in [6.45, 7) is 5.59. The Balaban J connectivity index is 1.21. The first-order chi connectivity index (χ1) is 19.2. The number of amides is 1. The summed E-state index contributed by atoms with van der Waals surface area (Å²) >= 11 is 0. The summed E-state index contributed by atoms with van der Waals surface area (Å²) in [6, 6.07) is 9.70. The van der Waals surface area contributed by atoms with Gasteiger partial charge in [0.15, 0.2) is 0 Å². The van der Waals surface area contributed by atoms with E-state index >= 15 is 0 Å². The highest BCUT2D eigenvalue weighted by molar-refractivity contribution is 5.78. The second-order valence-electron chi connectivity index (χ2n) is 10.8. The van der Waals surface area contributed by atoms with Gasteiger partial charge in [-0.1, -0.05) is 18.2 Å². The lowest BCUT2D eigenvalue weighted by atomic mass is 9.72. The first kappa shape index (κ1) is 28.1. The fraction of sp³-hybridized carbons (Fsp3) is 0.483. The van der Waals surface area contributed by atoms with E-state index in [-0.39, 0.29) is 5.91 Å². The number of anilines is 1. The average Bonchev–Trinajstić information content (AvgIpc) is 3.38. The van der Waals surface area contributed by atoms with Crippen LogP contribution in [0.1, 0.15) is 29.7 Å². The average molecular weight is 556 g/mol. The van der Waals surface area contributed by atoms with Crippen molar-refractivity contribution in [3.05, 3.63) is 78.0 Å². The Labute approximate surface area is 232 Å². The fourth-order valence-corrected chi connectivity index (χ4v) is 5.77. The van der Waals surface area contributed by atoms with Crippen LogP contribution in [0.25, 0.3) is 0 Å². The van der Waals surface area contributed by atoms with E-state index in [0.717, 1.165) is 43.8 Å². The monoisotopic (exact) mass is 555 g/mol. The summed E-state index contributed by atoms with van der Waals surface area (Å²) in [5.74, 6) is 0.915. The summed E-state index contributed by atoms with van der Waals surface area (Å²) in [6.07, 6.45) is 3.85.